The maximum Gasteiger partial charge on any atom is 0.421 e. The van der Waals surface area contributed by atoms with Crippen molar-refractivity contribution in [2.45, 2.75) is 20.4 Å². The number of benzene rings is 2. The highest BCUT2D eigenvalue weighted by Gasteiger charge is 2.23. The van der Waals surface area contributed by atoms with E-state index in [0.29, 0.717) is 16.6 Å². The zero-order chi connectivity index (χ0) is 21.1. The lowest BCUT2D eigenvalue weighted by Crippen LogP contribution is -2.01. The largest absolute Gasteiger partial charge is 0.457 e. The number of aryl methyl sites for hydroxylation is 2. The third-order valence-electron chi connectivity index (χ3n) is 4.59. The lowest BCUT2D eigenvalue weighted by molar-refractivity contribution is -0.479. The second kappa shape index (κ2) is 8.51. The molecule has 7 heteroatoms. The number of nitroso groups, excluding NO2 is 1. The summed E-state index contributed by atoms with van der Waals surface area (Å²) >= 11 is 1.32. The Balaban J connectivity index is 1.55. The minimum Gasteiger partial charge on any atom is -0.457 e. The summed E-state index contributed by atoms with van der Waals surface area (Å²) < 4.78 is 19.8. The predicted octanol–water partition coefficient (Wildman–Crippen LogP) is 6.36. The van der Waals surface area contributed by atoms with Gasteiger partial charge >= 0.3 is 5.13 Å². The van der Waals surface area contributed by atoms with Crippen LogP contribution in [0.15, 0.2) is 66.3 Å². The molecule has 30 heavy (non-hydrogen) atoms. The zero-order valence-electron chi connectivity index (χ0n) is 16.5. The molecule has 0 aliphatic heterocycles. The van der Waals surface area contributed by atoms with Gasteiger partial charge in [-0.1, -0.05) is 4.91 Å². The smallest absolute Gasteiger partial charge is 0.421 e. The lowest BCUT2D eigenvalue weighted by Gasteiger charge is -2.11. The van der Waals surface area contributed by atoms with Crippen LogP contribution >= 0.6 is 11.3 Å². The Kier molecular flexibility index (Phi) is 5.63. The van der Waals surface area contributed by atoms with E-state index in [4.69, 9.17) is 4.74 Å². The molecular formula is C23H19FN3O2S+. The van der Waals surface area contributed by atoms with Crippen LogP contribution in [-0.4, -0.2) is 14.7 Å². The first-order valence-corrected chi connectivity index (χ1v) is 10.2. The van der Waals surface area contributed by atoms with Crippen molar-refractivity contribution in [1.29, 1.82) is 0 Å². The van der Waals surface area contributed by atoms with E-state index in [1.165, 1.54) is 23.5 Å². The van der Waals surface area contributed by atoms with E-state index in [0.717, 1.165) is 32.7 Å². The zero-order valence-corrected chi connectivity index (χ0v) is 17.3. The molecule has 4 aromatic rings. The summed E-state index contributed by atoms with van der Waals surface area (Å²) in [7, 11) is 0. The highest BCUT2D eigenvalue weighted by Crippen LogP contribution is 2.35. The number of hydrogen-bond acceptors (Lipinski definition) is 5. The van der Waals surface area contributed by atoms with Gasteiger partial charge in [0.15, 0.2) is 12.2 Å². The quantitative estimate of drug-likeness (QED) is 0.340. The van der Waals surface area contributed by atoms with Gasteiger partial charge in [-0.2, -0.15) is 0 Å². The van der Waals surface area contributed by atoms with E-state index in [2.05, 4.69) is 9.97 Å². The summed E-state index contributed by atoms with van der Waals surface area (Å²) in [5.41, 5.74) is 4.58. The van der Waals surface area contributed by atoms with Gasteiger partial charge in [-0.25, -0.2) is 4.39 Å². The third kappa shape index (κ3) is 4.41. The van der Waals surface area contributed by atoms with E-state index in [1.807, 2.05) is 43.5 Å². The molecule has 0 aliphatic carbocycles. The van der Waals surface area contributed by atoms with Gasteiger partial charge in [0.2, 0.25) is 0 Å². The minimum absolute atomic E-state index is 0.220. The first kappa shape index (κ1) is 19.8. The molecule has 0 amide bonds. The summed E-state index contributed by atoms with van der Waals surface area (Å²) in [5.74, 6) is 0.927. The lowest BCUT2D eigenvalue weighted by atomic mass is 10.0. The molecule has 2 heterocycles. The second-order valence-corrected chi connectivity index (χ2v) is 7.73. The molecule has 0 radical (unpaired) electrons. The fourth-order valence-corrected chi connectivity index (χ4v) is 3.96. The Labute approximate surface area is 177 Å². The van der Waals surface area contributed by atoms with Crippen LogP contribution in [-0.2, 0) is 6.54 Å². The molecule has 4 rings (SSSR count). The first-order valence-electron chi connectivity index (χ1n) is 9.34. The predicted molar refractivity (Wildman–Crippen MR) is 115 cm³/mol. The standard InChI is InChI=1S/C23H19FN3O2S/c1-15-11-20(29-19-5-3-18(24)4-6-19)12-16(2)22(15)21-14-30-23(26-21)27(28)13-17-7-9-25-10-8-17/h3-12,14H,13H2,1-2H3/q+1. The van der Waals surface area contributed by atoms with E-state index < -0.39 is 0 Å². The van der Waals surface area contributed by atoms with Gasteiger partial charge in [0.05, 0.1) is 5.38 Å². The third-order valence-corrected chi connectivity index (χ3v) is 5.44. The highest BCUT2D eigenvalue weighted by molar-refractivity contribution is 7.13. The summed E-state index contributed by atoms with van der Waals surface area (Å²) in [5, 5.41) is 2.30. The molecule has 0 atom stereocenters. The Hall–Kier alpha value is -3.45. The Bertz CT molecular complexity index is 1170. The maximum absolute atomic E-state index is 13.1. The molecule has 0 fully saturated rings. The van der Waals surface area contributed by atoms with Gasteiger partial charge in [0.25, 0.3) is 0 Å². The van der Waals surface area contributed by atoms with Gasteiger partial charge in [-0.15, -0.1) is 0 Å². The van der Waals surface area contributed by atoms with Gasteiger partial charge in [-0.3, -0.25) is 4.98 Å². The molecule has 2 aromatic heterocycles. The van der Waals surface area contributed by atoms with Crippen molar-refractivity contribution in [3.05, 3.63) is 93.7 Å². The van der Waals surface area contributed by atoms with Crippen LogP contribution in [0.1, 0.15) is 16.7 Å². The van der Waals surface area contributed by atoms with Crippen molar-refractivity contribution in [2.75, 3.05) is 0 Å². The number of hydrogen-bond donors (Lipinski definition) is 0. The van der Waals surface area contributed by atoms with E-state index in [9.17, 15) is 9.30 Å². The van der Waals surface area contributed by atoms with Crippen LogP contribution in [0.3, 0.4) is 0 Å². The van der Waals surface area contributed by atoms with Gasteiger partial charge in [0, 0.05) is 23.5 Å². The van der Waals surface area contributed by atoms with Crippen LogP contribution in [0.25, 0.3) is 11.3 Å². The molecular weight excluding hydrogens is 401 g/mol. The molecule has 5 nitrogen and oxygen atoms in total. The number of rotatable bonds is 6. The average molecular weight is 420 g/mol. The van der Waals surface area contributed by atoms with Gasteiger partial charge in [0.1, 0.15) is 17.3 Å². The second-order valence-electron chi connectivity index (χ2n) is 6.90. The molecule has 0 saturated heterocycles. The van der Waals surface area contributed by atoms with Gasteiger partial charge < -0.3 is 4.74 Å². The number of nitrogens with zero attached hydrogens (tertiary/aromatic N) is 3. The SMILES string of the molecule is Cc1cc(Oc2ccc(F)cc2)cc(C)c1-c1csc([N+](=O)Cc2ccncc2)n1. The molecule has 150 valence electrons. The molecule has 0 saturated carbocycles. The van der Waals surface area contributed by atoms with Crippen LogP contribution in [0.2, 0.25) is 0 Å². The number of pyridine rings is 1. The van der Waals surface area contributed by atoms with Crippen LogP contribution in [0.4, 0.5) is 9.52 Å². The van der Waals surface area contributed by atoms with Crippen LogP contribution in [0, 0.1) is 24.6 Å². The summed E-state index contributed by atoms with van der Waals surface area (Å²) in [6, 6.07) is 13.4. The van der Waals surface area contributed by atoms with Crippen molar-refractivity contribution >= 4 is 16.5 Å². The Morgan fingerprint density at radius 2 is 1.67 bits per heavy atom. The fraction of sp³-hybridized carbons (Fsp3) is 0.130. The topological polar surface area (TPSA) is 55.1 Å². The number of thiazole rings is 1. The van der Waals surface area contributed by atoms with Crippen LogP contribution < -0.4 is 4.74 Å². The van der Waals surface area contributed by atoms with Crippen molar-refractivity contribution in [3.63, 3.8) is 0 Å². The molecule has 2 aromatic carbocycles. The molecule has 0 bridgehead atoms. The summed E-state index contributed by atoms with van der Waals surface area (Å²) in [4.78, 5) is 21.0. The van der Waals surface area contributed by atoms with Gasteiger partial charge in [-0.05, 0) is 94.6 Å². The number of halogens is 1. The monoisotopic (exact) mass is 420 g/mol. The Morgan fingerprint density at radius 3 is 2.33 bits per heavy atom. The number of aromatic nitrogens is 2. The Morgan fingerprint density at radius 1 is 1.00 bits per heavy atom. The molecule has 0 aliphatic rings. The van der Waals surface area contributed by atoms with E-state index in [1.54, 1.807) is 24.5 Å². The normalized spacial score (nSPS) is 10.8. The van der Waals surface area contributed by atoms with Crippen molar-refractivity contribution in [2.24, 2.45) is 0 Å². The average Bonchev–Trinajstić information content (AvgIpc) is 3.20. The van der Waals surface area contributed by atoms with Crippen LogP contribution in [0.5, 0.6) is 11.5 Å². The molecule has 0 spiro atoms. The summed E-state index contributed by atoms with van der Waals surface area (Å²) in [6.45, 7) is 4.17. The molecule has 0 N–H and O–H groups in total. The van der Waals surface area contributed by atoms with Crippen molar-refractivity contribution in [1.82, 2.24) is 9.97 Å². The fourth-order valence-electron chi connectivity index (χ4n) is 3.24. The highest BCUT2D eigenvalue weighted by atomic mass is 32.1. The first-order chi connectivity index (χ1) is 14.5. The number of ether oxygens (including phenoxy) is 1. The van der Waals surface area contributed by atoms with Crippen molar-refractivity contribution < 1.29 is 13.9 Å². The van der Waals surface area contributed by atoms with E-state index >= 15 is 0 Å². The maximum atomic E-state index is 13.1. The summed E-state index contributed by atoms with van der Waals surface area (Å²) in [6.07, 6.45) is 3.33. The van der Waals surface area contributed by atoms with E-state index in [-0.39, 0.29) is 12.4 Å². The van der Waals surface area contributed by atoms with Crippen molar-refractivity contribution in [3.8, 4) is 22.8 Å². The minimum atomic E-state index is -0.305. The molecule has 0 unspecified atom stereocenters.